The summed E-state index contributed by atoms with van der Waals surface area (Å²) in [7, 11) is -3.26. The van der Waals surface area contributed by atoms with E-state index in [0.717, 1.165) is 0 Å². The molecular formula is C14H20Cl2Si2. The molecule has 0 bridgehead atoms. The maximum Gasteiger partial charge on any atom is 0.173 e. The highest BCUT2D eigenvalue weighted by molar-refractivity contribution is 7.22. The first-order valence-corrected chi connectivity index (χ1v) is 14.2. The Hall–Kier alpha value is -0.286. The summed E-state index contributed by atoms with van der Waals surface area (Å²) in [6.45, 7) is 8.43. The average molecular weight is 315 g/mol. The quantitative estimate of drug-likeness (QED) is 0.495. The summed E-state index contributed by atoms with van der Waals surface area (Å²) in [5.74, 6) is 0. The fourth-order valence-electron chi connectivity index (χ4n) is 1.31. The monoisotopic (exact) mass is 314 g/mol. The lowest BCUT2D eigenvalue weighted by molar-refractivity contribution is 1.62. The molecule has 98 valence electrons. The van der Waals surface area contributed by atoms with Gasteiger partial charge in [0.1, 0.15) is 0 Å². The van der Waals surface area contributed by atoms with E-state index in [9.17, 15) is 0 Å². The van der Waals surface area contributed by atoms with Gasteiger partial charge >= 0.3 is 0 Å². The van der Waals surface area contributed by atoms with Crippen LogP contribution in [0.1, 0.15) is 11.1 Å². The van der Waals surface area contributed by atoms with Gasteiger partial charge in [-0.1, -0.05) is 74.0 Å². The van der Waals surface area contributed by atoms with Crippen LogP contribution in [0.4, 0.5) is 0 Å². The number of rotatable bonds is 4. The molecule has 0 fully saturated rings. The molecule has 0 radical (unpaired) electrons. The summed E-state index contributed by atoms with van der Waals surface area (Å²) < 4.78 is 0. The summed E-state index contributed by atoms with van der Waals surface area (Å²) in [6, 6.07) is 8.43. The Kier molecular flexibility index (Phi) is 5.47. The van der Waals surface area contributed by atoms with Crippen molar-refractivity contribution < 1.29 is 0 Å². The smallest absolute Gasteiger partial charge is 0.162 e. The molecule has 1 aromatic carbocycles. The van der Waals surface area contributed by atoms with Gasteiger partial charge in [0.05, 0.1) is 0 Å². The number of hydrogen-bond acceptors (Lipinski definition) is 0. The first-order chi connectivity index (χ1) is 8.16. The van der Waals surface area contributed by atoms with Gasteiger partial charge in [0.2, 0.25) is 0 Å². The summed E-state index contributed by atoms with van der Waals surface area (Å²) in [5, 5.41) is 0. The number of halogens is 2. The second-order valence-electron chi connectivity index (χ2n) is 5.46. The van der Waals surface area contributed by atoms with Crippen LogP contribution in [0.2, 0.25) is 26.2 Å². The zero-order valence-corrected chi connectivity index (χ0v) is 14.9. The molecule has 0 saturated carbocycles. The fraction of sp³-hybridized carbons (Fsp3) is 0.286. The van der Waals surface area contributed by atoms with Crippen molar-refractivity contribution in [2.24, 2.45) is 0 Å². The van der Waals surface area contributed by atoms with Crippen LogP contribution >= 0.6 is 22.2 Å². The first-order valence-electron chi connectivity index (χ1n) is 6.02. The Balaban J connectivity index is 2.75. The minimum Gasteiger partial charge on any atom is -0.162 e. The molecule has 1 aromatic rings. The summed E-state index contributed by atoms with van der Waals surface area (Å²) in [4.78, 5) is 0. The maximum atomic E-state index is 6.25. The van der Waals surface area contributed by atoms with Crippen LogP contribution < -0.4 is 0 Å². The Labute approximate surface area is 122 Å². The van der Waals surface area contributed by atoms with E-state index >= 15 is 0 Å². The van der Waals surface area contributed by atoms with E-state index in [1.54, 1.807) is 0 Å². The molecule has 0 aliphatic heterocycles. The lowest BCUT2D eigenvalue weighted by Gasteiger charge is -2.06. The second kappa shape index (κ2) is 6.24. The molecule has 18 heavy (non-hydrogen) atoms. The van der Waals surface area contributed by atoms with E-state index < -0.39 is 14.8 Å². The van der Waals surface area contributed by atoms with Crippen LogP contribution in [0.5, 0.6) is 0 Å². The molecule has 0 nitrogen and oxygen atoms in total. The van der Waals surface area contributed by atoms with E-state index in [-0.39, 0.29) is 0 Å². The van der Waals surface area contributed by atoms with Crippen molar-refractivity contribution in [3.63, 3.8) is 0 Å². The highest BCUT2D eigenvalue weighted by Gasteiger charge is 2.11. The molecule has 0 unspecified atom stereocenters. The zero-order valence-electron chi connectivity index (χ0n) is 11.4. The van der Waals surface area contributed by atoms with Crippen LogP contribution in [0.3, 0.4) is 0 Å². The van der Waals surface area contributed by atoms with Crippen molar-refractivity contribution in [3.8, 4) is 0 Å². The van der Waals surface area contributed by atoms with E-state index in [1.807, 2.05) is 0 Å². The number of hydrogen-bond donors (Lipinski definition) is 0. The fourth-order valence-corrected chi connectivity index (χ4v) is 2.86. The first kappa shape index (κ1) is 15.8. The molecule has 0 saturated heterocycles. The third-order valence-corrected chi connectivity index (χ3v) is 4.96. The number of benzene rings is 1. The van der Waals surface area contributed by atoms with E-state index in [2.05, 4.69) is 74.0 Å². The van der Waals surface area contributed by atoms with Gasteiger partial charge in [0, 0.05) is 0 Å². The van der Waals surface area contributed by atoms with Gasteiger partial charge in [-0.05, 0) is 11.1 Å². The minimum absolute atomic E-state index is 1.19. The van der Waals surface area contributed by atoms with Crippen molar-refractivity contribution >= 4 is 49.1 Å². The highest BCUT2D eigenvalue weighted by atomic mass is 35.6. The summed E-state index contributed by atoms with van der Waals surface area (Å²) in [6.07, 6.45) is 4.21. The molecule has 0 amide bonds. The lowest BCUT2D eigenvalue weighted by atomic mass is 10.1. The maximum absolute atomic E-state index is 6.25. The van der Waals surface area contributed by atoms with Gasteiger partial charge in [-0.15, -0.1) is 0 Å². The predicted molar refractivity (Wildman–Crippen MR) is 91.2 cm³/mol. The lowest BCUT2D eigenvalue weighted by Crippen LogP contribution is -2.11. The molecule has 1 rings (SSSR count). The minimum atomic E-state index is -1.63. The largest absolute Gasteiger partial charge is 0.173 e. The van der Waals surface area contributed by atoms with Crippen molar-refractivity contribution in [2.45, 2.75) is 26.2 Å². The van der Waals surface area contributed by atoms with Crippen LogP contribution in [0, 0.1) is 0 Å². The van der Waals surface area contributed by atoms with Crippen molar-refractivity contribution in [1.82, 2.24) is 0 Å². The van der Waals surface area contributed by atoms with E-state index in [1.165, 1.54) is 11.1 Å². The van der Waals surface area contributed by atoms with Crippen molar-refractivity contribution in [1.29, 1.82) is 0 Å². The highest BCUT2D eigenvalue weighted by Crippen LogP contribution is 2.15. The van der Waals surface area contributed by atoms with Crippen LogP contribution in [-0.4, -0.2) is 14.8 Å². The van der Waals surface area contributed by atoms with Gasteiger partial charge in [-0.25, -0.2) is 0 Å². The van der Waals surface area contributed by atoms with E-state index in [0.29, 0.717) is 0 Å². The van der Waals surface area contributed by atoms with Crippen LogP contribution in [0.15, 0.2) is 35.7 Å². The Bertz CT molecular complexity index is 391. The second-order valence-corrected chi connectivity index (χ2v) is 18.2. The molecule has 0 atom stereocenters. The van der Waals surface area contributed by atoms with Crippen molar-refractivity contribution in [3.05, 3.63) is 46.8 Å². The average Bonchev–Trinajstić information content (AvgIpc) is 2.23. The third kappa shape index (κ3) is 7.22. The van der Waals surface area contributed by atoms with Gasteiger partial charge in [0.15, 0.2) is 14.8 Å². The Morgan fingerprint density at radius 1 is 0.722 bits per heavy atom. The topological polar surface area (TPSA) is 0 Å². The molecule has 0 aliphatic carbocycles. The molecule has 0 spiro atoms. The molecule has 0 aromatic heterocycles. The standard InChI is InChI=1S/C14H20Cl2Si2/c1-17(2,15)11-9-13-5-7-14(8-6-13)10-12-18(3,4)16/h5-12H,1-4H3/b11-9+,12-10+. The molecular weight excluding hydrogens is 295 g/mol. The summed E-state index contributed by atoms with van der Waals surface area (Å²) >= 11 is 12.5. The van der Waals surface area contributed by atoms with Crippen LogP contribution in [0.25, 0.3) is 12.2 Å². The van der Waals surface area contributed by atoms with Gasteiger partial charge in [-0.2, -0.15) is 22.2 Å². The van der Waals surface area contributed by atoms with Gasteiger partial charge < -0.3 is 0 Å². The zero-order chi connectivity index (χ0) is 13.8. The Morgan fingerprint density at radius 3 is 1.22 bits per heavy atom. The van der Waals surface area contributed by atoms with E-state index in [4.69, 9.17) is 22.2 Å². The van der Waals surface area contributed by atoms with Crippen molar-refractivity contribution in [2.75, 3.05) is 0 Å². The normalized spacial score (nSPS) is 13.7. The third-order valence-electron chi connectivity index (χ3n) is 2.28. The predicted octanol–water partition coefficient (Wildman–Crippen LogP) is 5.68. The molecule has 4 heteroatoms. The SMILES string of the molecule is C[Si](C)(Cl)/C=C/c1ccc(/C=C/[Si](C)(C)Cl)cc1. The molecule has 0 heterocycles. The summed E-state index contributed by atoms with van der Waals surface area (Å²) in [5.41, 5.74) is 6.65. The molecule has 0 aliphatic rings. The van der Waals surface area contributed by atoms with Gasteiger partial charge in [-0.3, -0.25) is 0 Å². The Morgan fingerprint density at radius 2 is 1.00 bits per heavy atom. The molecule has 0 N–H and O–H groups in total. The van der Waals surface area contributed by atoms with Crippen LogP contribution in [-0.2, 0) is 0 Å². The van der Waals surface area contributed by atoms with Gasteiger partial charge in [0.25, 0.3) is 0 Å².